The molecule has 16 heavy (non-hydrogen) atoms. The van der Waals surface area contributed by atoms with Crippen molar-refractivity contribution in [2.45, 2.75) is 31.7 Å². The molecule has 2 atom stereocenters. The molecule has 0 radical (unpaired) electrons. The lowest BCUT2D eigenvalue weighted by Crippen LogP contribution is -2.46. The molecule has 3 amide bonds. The molecule has 2 unspecified atom stereocenters. The first kappa shape index (κ1) is 15.6. The van der Waals surface area contributed by atoms with Crippen molar-refractivity contribution < 1.29 is 9.59 Å². The van der Waals surface area contributed by atoms with Gasteiger partial charge in [-0.15, -0.1) is 11.6 Å². The van der Waals surface area contributed by atoms with Crippen LogP contribution in [0.1, 0.15) is 20.3 Å². The zero-order valence-corrected chi connectivity index (χ0v) is 11.7. The first-order valence-corrected chi connectivity index (χ1v) is 6.93. The Hall–Kier alpha value is -0.420. The van der Waals surface area contributed by atoms with Gasteiger partial charge in [0.1, 0.15) is 5.38 Å². The average molecular weight is 267 g/mol. The predicted molar refractivity (Wildman–Crippen MR) is 69.1 cm³/mol. The van der Waals surface area contributed by atoms with E-state index in [1.807, 2.05) is 13.2 Å². The number of amides is 3. The Bertz CT molecular complexity index is 249. The number of imide groups is 1. The fraction of sp³-hybridized carbons (Fsp3) is 0.800. The van der Waals surface area contributed by atoms with Crippen LogP contribution < -0.4 is 5.32 Å². The van der Waals surface area contributed by atoms with Gasteiger partial charge in [-0.25, -0.2) is 4.79 Å². The number of urea groups is 1. The van der Waals surface area contributed by atoms with E-state index in [1.54, 1.807) is 18.8 Å². The maximum Gasteiger partial charge on any atom is 0.324 e. The van der Waals surface area contributed by atoms with E-state index in [1.165, 1.54) is 11.8 Å². The van der Waals surface area contributed by atoms with Crippen LogP contribution in [0.15, 0.2) is 0 Å². The minimum atomic E-state index is -0.696. The Morgan fingerprint density at radius 3 is 2.44 bits per heavy atom. The van der Waals surface area contributed by atoms with E-state index in [-0.39, 0.29) is 6.04 Å². The van der Waals surface area contributed by atoms with Gasteiger partial charge in [0, 0.05) is 13.1 Å². The molecule has 0 saturated carbocycles. The number of thioether (sulfide) groups is 1. The number of nitrogens with zero attached hydrogens (tertiary/aromatic N) is 1. The molecule has 0 aromatic carbocycles. The molecule has 0 saturated heterocycles. The molecule has 0 bridgehead atoms. The summed E-state index contributed by atoms with van der Waals surface area (Å²) in [5.74, 6) is 0.522. The Labute approximate surface area is 106 Å². The van der Waals surface area contributed by atoms with Crippen LogP contribution >= 0.6 is 23.4 Å². The van der Waals surface area contributed by atoms with Crippen LogP contribution in [0.25, 0.3) is 0 Å². The summed E-state index contributed by atoms with van der Waals surface area (Å²) >= 11 is 7.29. The lowest BCUT2D eigenvalue weighted by atomic mass is 10.2. The number of nitrogens with one attached hydrogen (secondary N) is 1. The molecule has 94 valence electrons. The quantitative estimate of drug-likeness (QED) is 0.774. The van der Waals surface area contributed by atoms with E-state index in [2.05, 4.69) is 5.32 Å². The first-order valence-electron chi connectivity index (χ1n) is 5.10. The summed E-state index contributed by atoms with van der Waals surface area (Å²) in [6, 6.07) is -0.294. The van der Waals surface area contributed by atoms with Crippen LogP contribution in [0.5, 0.6) is 0 Å². The fourth-order valence-electron chi connectivity index (χ4n) is 0.975. The van der Waals surface area contributed by atoms with Gasteiger partial charge in [-0.2, -0.15) is 11.8 Å². The number of carbonyl (C=O) groups is 2. The fourth-order valence-corrected chi connectivity index (χ4v) is 1.61. The largest absolute Gasteiger partial charge is 0.325 e. The molecular formula is C10H19ClN2O2S. The Morgan fingerprint density at radius 1 is 1.44 bits per heavy atom. The van der Waals surface area contributed by atoms with Crippen molar-refractivity contribution in [3.05, 3.63) is 0 Å². The van der Waals surface area contributed by atoms with Crippen LogP contribution in [0.4, 0.5) is 4.79 Å². The SMILES string of the molecule is CSCCC(C)N(C)C(=O)NC(=O)C(C)Cl. The maximum atomic E-state index is 11.6. The smallest absolute Gasteiger partial charge is 0.324 e. The van der Waals surface area contributed by atoms with Gasteiger partial charge in [-0.05, 0) is 32.3 Å². The summed E-state index contributed by atoms with van der Waals surface area (Å²) in [7, 11) is 1.67. The molecule has 0 heterocycles. The highest BCUT2D eigenvalue weighted by atomic mass is 35.5. The van der Waals surface area contributed by atoms with E-state index >= 15 is 0 Å². The summed E-state index contributed by atoms with van der Waals surface area (Å²) in [5.41, 5.74) is 0. The molecule has 1 N–H and O–H groups in total. The van der Waals surface area contributed by atoms with Gasteiger partial charge >= 0.3 is 6.03 Å². The second-order valence-electron chi connectivity index (χ2n) is 3.65. The van der Waals surface area contributed by atoms with Crippen molar-refractivity contribution in [3.63, 3.8) is 0 Å². The van der Waals surface area contributed by atoms with E-state index in [0.29, 0.717) is 0 Å². The number of halogens is 1. The van der Waals surface area contributed by atoms with E-state index in [0.717, 1.165) is 12.2 Å². The third-order valence-corrected chi connectivity index (χ3v) is 3.15. The molecule has 4 nitrogen and oxygen atoms in total. The Balaban J connectivity index is 4.12. The third kappa shape index (κ3) is 5.61. The maximum absolute atomic E-state index is 11.6. The van der Waals surface area contributed by atoms with Gasteiger partial charge in [0.2, 0.25) is 5.91 Å². The van der Waals surface area contributed by atoms with Crippen LogP contribution in [-0.2, 0) is 4.79 Å². The molecule has 0 aromatic heterocycles. The zero-order valence-electron chi connectivity index (χ0n) is 10.1. The van der Waals surface area contributed by atoms with Crippen molar-refractivity contribution in [1.29, 1.82) is 0 Å². The lowest BCUT2D eigenvalue weighted by molar-refractivity contribution is -0.119. The molecular weight excluding hydrogens is 248 g/mol. The van der Waals surface area contributed by atoms with E-state index in [4.69, 9.17) is 11.6 Å². The second kappa shape index (κ2) is 7.79. The highest BCUT2D eigenvalue weighted by molar-refractivity contribution is 7.98. The molecule has 0 fully saturated rings. The molecule has 6 heteroatoms. The van der Waals surface area contributed by atoms with Crippen LogP contribution in [0, 0.1) is 0 Å². The molecule has 0 aliphatic heterocycles. The highest BCUT2D eigenvalue weighted by Crippen LogP contribution is 2.06. The molecule has 0 spiro atoms. The van der Waals surface area contributed by atoms with Gasteiger partial charge in [-0.1, -0.05) is 0 Å². The number of hydrogen-bond donors (Lipinski definition) is 1. The summed E-state index contributed by atoms with van der Waals surface area (Å²) in [5, 5.41) is 1.55. The van der Waals surface area contributed by atoms with Crippen molar-refractivity contribution in [2.75, 3.05) is 19.1 Å². The molecule has 0 rings (SSSR count). The molecule has 0 aliphatic rings. The molecule has 0 aromatic rings. The first-order chi connectivity index (χ1) is 7.40. The van der Waals surface area contributed by atoms with Crippen LogP contribution in [0.3, 0.4) is 0 Å². The van der Waals surface area contributed by atoms with Gasteiger partial charge < -0.3 is 4.90 Å². The number of alkyl halides is 1. The number of rotatable bonds is 5. The topological polar surface area (TPSA) is 49.4 Å². The summed E-state index contributed by atoms with van der Waals surface area (Å²) in [4.78, 5) is 24.3. The number of hydrogen-bond acceptors (Lipinski definition) is 3. The predicted octanol–water partition coefficient (Wildman–Crippen LogP) is 1.92. The van der Waals surface area contributed by atoms with Crippen LogP contribution in [0.2, 0.25) is 0 Å². The summed E-state index contributed by atoms with van der Waals surface area (Å²) < 4.78 is 0. The Kier molecular flexibility index (Phi) is 7.58. The van der Waals surface area contributed by atoms with Gasteiger partial charge in [0.25, 0.3) is 0 Å². The molecule has 0 aliphatic carbocycles. The van der Waals surface area contributed by atoms with Crippen molar-refractivity contribution >= 4 is 35.3 Å². The van der Waals surface area contributed by atoms with E-state index < -0.39 is 17.3 Å². The summed E-state index contributed by atoms with van der Waals surface area (Å²) in [6.45, 7) is 3.48. The number of carbonyl (C=O) groups excluding carboxylic acids is 2. The third-order valence-electron chi connectivity index (χ3n) is 2.31. The Morgan fingerprint density at radius 2 is 2.00 bits per heavy atom. The van der Waals surface area contributed by atoms with Gasteiger partial charge in [0.05, 0.1) is 0 Å². The normalized spacial score (nSPS) is 14.1. The van der Waals surface area contributed by atoms with Gasteiger partial charge in [0.15, 0.2) is 0 Å². The monoisotopic (exact) mass is 266 g/mol. The minimum absolute atomic E-state index is 0.103. The second-order valence-corrected chi connectivity index (χ2v) is 5.29. The lowest BCUT2D eigenvalue weighted by Gasteiger charge is -2.24. The standard InChI is InChI=1S/C10H19ClN2O2S/c1-7(5-6-16-4)13(3)10(15)12-9(14)8(2)11/h7-8H,5-6H2,1-4H3,(H,12,14,15). The van der Waals surface area contributed by atoms with Crippen molar-refractivity contribution in [1.82, 2.24) is 10.2 Å². The van der Waals surface area contributed by atoms with Crippen LogP contribution in [-0.4, -0.2) is 47.3 Å². The highest BCUT2D eigenvalue weighted by Gasteiger charge is 2.19. The average Bonchev–Trinajstić information content (AvgIpc) is 2.24. The summed E-state index contributed by atoms with van der Waals surface area (Å²) in [6.07, 6.45) is 2.92. The van der Waals surface area contributed by atoms with Gasteiger partial charge in [-0.3, -0.25) is 10.1 Å². The minimum Gasteiger partial charge on any atom is -0.325 e. The van der Waals surface area contributed by atoms with E-state index in [9.17, 15) is 9.59 Å². The zero-order chi connectivity index (χ0) is 12.7. The van der Waals surface area contributed by atoms with Crippen molar-refractivity contribution in [3.8, 4) is 0 Å². The van der Waals surface area contributed by atoms with Crippen molar-refractivity contribution in [2.24, 2.45) is 0 Å².